The van der Waals surface area contributed by atoms with E-state index in [-0.39, 0.29) is 24.5 Å². The zero-order valence-corrected chi connectivity index (χ0v) is 8.77. The van der Waals surface area contributed by atoms with Crippen molar-refractivity contribution in [1.82, 2.24) is 5.32 Å². The Bertz CT molecular complexity index is 254. The van der Waals surface area contributed by atoms with Crippen molar-refractivity contribution in [2.75, 3.05) is 6.61 Å². The number of aliphatic carboxylic acids is 1. The summed E-state index contributed by atoms with van der Waals surface area (Å²) in [5.74, 6) is -1.90. The molecule has 15 heavy (non-hydrogen) atoms. The fourth-order valence-corrected chi connectivity index (χ4v) is 1.58. The molecule has 1 fully saturated rings. The minimum absolute atomic E-state index is 0.000283. The predicted octanol–water partition coefficient (Wildman–Crippen LogP) is -0.0157. The predicted molar refractivity (Wildman–Crippen MR) is 53.2 cm³/mol. The summed E-state index contributed by atoms with van der Waals surface area (Å²) in [5, 5.41) is 20.0. The fraction of sp³-hybridized carbons (Fsp3) is 0.800. The van der Waals surface area contributed by atoms with Crippen LogP contribution >= 0.6 is 0 Å². The van der Waals surface area contributed by atoms with Gasteiger partial charge in [0, 0.05) is 12.6 Å². The van der Waals surface area contributed by atoms with Crippen LogP contribution in [0.4, 0.5) is 0 Å². The number of carboxylic acids is 1. The zero-order chi connectivity index (χ0) is 11.4. The van der Waals surface area contributed by atoms with Crippen LogP contribution in [0, 0.1) is 11.8 Å². The van der Waals surface area contributed by atoms with Crippen LogP contribution in [0.15, 0.2) is 0 Å². The standard InChI is InChI=1S/C10H17NO4/c1-6(3-2-4-12)11-9(13)7-5-8(7)10(14)15/h6-8,12H,2-5H2,1H3,(H,11,13)(H,14,15). The van der Waals surface area contributed by atoms with Gasteiger partial charge in [-0.1, -0.05) is 0 Å². The number of aliphatic hydroxyl groups is 1. The summed E-state index contributed by atoms with van der Waals surface area (Å²) in [7, 11) is 0. The molecule has 0 heterocycles. The minimum atomic E-state index is -0.891. The first kappa shape index (κ1) is 12.0. The quantitative estimate of drug-likeness (QED) is 0.581. The van der Waals surface area contributed by atoms with Gasteiger partial charge in [0.05, 0.1) is 11.8 Å². The third-order valence-electron chi connectivity index (χ3n) is 2.63. The molecule has 3 unspecified atom stereocenters. The van der Waals surface area contributed by atoms with Crippen molar-refractivity contribution in [1.29, 1.82) is 0 Å². The van der Waals surface area contributed by atoms with E-state index < -0.39 is 11.9 Å². The van der Waals surface area contributed by atoms with Gasteiger partial charge < -0.3 is 15.5 Å². The summed E-state index contributed by atoms with van der Waals surface area (Å²) >= 11 is 0. The molecular weight excluding hydrogens is 198 g/mol. The molecule has 5 heteroatoms. The number of carbonyl (C=O) groups is 2. The number of hydrogen-bond acceptors (Lipinski definition) is 3. The van der Waals surface area contributed by atoms with E-state index in [1.54, 1.807) is 0 Å². The van der Waals surface area contributed by atoms with Gasteiger partial charge in [0.1, 0.15) is 0 Å². The molecule has 1 aliphatic carbocycles. The Kier molecular flexibility index (Phi) is 4.08. The van der Waals surface area contributed by atoms with Crippen LogP contribution < -0.4 is 5.32 Å². The summed E-state index contributed by atoms with van der Waals surface area (Å²) in [6.07, 6.45) is 1.81. The van der Waals surface area contributed by atoms with E-state index in [1.807, 2.05) is 6.92 Å². The van der Waals surface area contributed by atoms with Crippen molar-refractivity contribution in [2.45, 2.75) is 32.2 Å². The average molecular weight is 215 g/mol. The maximum absolute atomic E-state index is 11.5. The highest BCUT2D eigenvalue weighted by Gasteiger charge is 2.48. The fourth-order valence-electron chi connectivity index (χ4n) is 1.58. The van der Waals surface area contributed by atoms with E-state index in [0.717, 1.165) is 0 Å². The number of nitrogens with one attached hydrogen (secondary N) is 1. The molecule has 86 valence electrons. The van der Waals surface area contributed by atoms with Gasteiger partial charge in [-0.3, -0.25) is 9.59 Å². The molecule has 3 atom stereocenters. The van der Waals surface area contributed by atoms with Crippen LogP contribution in [-0.4, -0.2) is 34.7 Å². The Labute approximate surface area is 88.5 Å². The second kappa shape index (κ2) is 5.11. The number of amides is 1. The van der Waals surface area contributed by atoms with E-state index in [0.29, 0.717) is 19.3 Å². The van der Waals surface area contributed by atoms with Crippen molar-refractivity contribution in [3.05, 3.63) is 0 Å². The van der Waals surface area contributed by atoms with Crippen molar-refractivity contribution in [3.63, 3.8) is 0 Å². The first-order valence-electron chi connectivity index (χ1n) is 5.20. The van der Waals surface area contributed by atoms with Gasteiger partial charge in [-0.15, -0.1) is 0 Å². The number of rotatable bonds is 6. The van der Waals surface area contributed by atoms with Crippen molar-refractivity contribution in [2.24, 2.45) is 11.8 Å². The molecule has 0 saturated heterocycles. The van der Waals surface area contributed by atoms with E-state index in [9.17, 15) is 9.59 Å². The summed E-state index contributed by atoms with van der Waals surface area (Å²) in [5.41, 5.74) is 0. The van der Waals surface area contributed by atoms with E-state index in [1.165, 1.54) is 0 Å². The summed E-state index contributed by atoms with van der Waals surface area (Å²) in [4.78, 5) is 22.0. The molecule has 1 saturated carbocycles. The number of aliphatic hydroxyl groups excluding tert-OH is 1. The first-order valence-corrected chi connectivity index (χ1v) is 5.20. The van der Waals surface area contributed by atoms with Gasteiger partial charge in [-0.05, 0) is 26.2 Å². The third kappa shape index (κ3) is 3.51. The molecule has 0 bridgehead atoms. The smallest absolute Gasteiger partial charge is 0.307 e. The Hall–Kier alpha value is -1.10. The SMILES string of the molecule is CC(CCCO)NC(=O)C1CC1C(=O)O. The lowest BCUT2D eigenvalue weighted by Crippen LogP contribution is -2.34. The van der Waals surface area contributed by atoms with Gasteiger partial charge in [0.15, 0.2) is 0 Å². The Balaban J connectivity index is 2.22. The summed E-state index contributed by atoms with van der Waals surface area (Å²) < 4.78 is 0. The highest BCUT2D eigenvalue weighted by Crippen LogP contribution is 2.38. The van der Waals surface area contributed by atoms with Crippen LogP contribution in [0.25, 0.3) is 0 Å². The van der Waals surface area contributed by atoms with E-state index in [2.05, 4.69) is 5.32 Å². The lowest BCUT2D eigenvalue weighted by atomic mass is 10.2. The molecule has 1 aliphatic rings. The molecule has 1 rings (SSSR count). The van der Waals surface area contributed by atoms with Gasteiger partial charge >= 0.3 is 5.97 Å². The monoisotopic (exact) mass is 215 g/mol. The summed E-state index contributed by atoms with van der Waals surface area (Å²) in [6.45, 7) is 1.97. The molecule has 5 nitrogen and oxygen atoms in total. The second-order valence-electron chi connectivity index (χ2n) is 4.06. The highest BCUT2D eigenvalue weighted by molar-refractivity contribution is 5.89. The number of carbonyl (C=O) groups excluding carboxylic acids is 1. The highest BCUT2D eigenvalue weighted by atomic mass is 16.4. The molecule has 3 N–H and O–H groups in total. The van der Waals surface area contributed by atoms with E-state index in [4.69, 9.17) is 10.2 Å². The van der Waals surface area contributed by atoms with Gasteiger partial charge in [-0.2, -0.15) is 0 Å². The molecule has 0 spiro atoms. The normalized spacial score (nSPS) is 25.7. The lowest BCUT2D eigenvalue weighted by molar-refractivity contribution is -0.140. The van der Waals surface area contributed by atoms with E-state index >= 15 is 0 Å². The summed E-state index contributed by atoms with van der Waals surface area (Å²) in [6, 6.07) is -0.000283. The van der Waals surface area contributed by atoms with Crippen LogP contribution in [0.1, 0.15) is 26.2 Å². The zero-order valence-electron chi connectivity index (χ0n) is 8.77. The molecule has 0 aromatic heterocycles. The molecular formula is C10H17NO4. The van der Waals surface area contributed by atoms with Crippen LogP contribution in [-0.2, 0) is 9.59 Å². The van der Waals surface area contributed by atoms with Crippen molar-refractivity contribution < 1.29 is 19.8 Å². The van der Waals surface area contributed by atoms with Crippen LogP contribution in [0.3, 0.4) is 0 Å². The maximum atomic E-state index is 11.5. The second-order valence-corrected chi connectivity index (χ2v) is 4.06. The van der Waals surface area contributed by atoms with Gasteiger partial charge in [0.2, 0.25) is 5.91 Å². The molecule has 0 aromatic carbocycles. The molecule has 0 aliphatic heterocycles. The van der Waals surface area contributed by atoms with Crippen LogP contribution in [0.5, 0.6) is 0 Å². The molecule has 0 radical (unpaired) electrons. The Morgan fingerprint density at radius 1 is 1.47 bits per heavy atom. The van der Waals surface area contributed by atoms with Crippen LogP contribution in [0.2, 0.25) is 0 Å². The number of hydrogen-bond donors (Lipinski definition) is 3. The first-order chi connectivity index (χ1) is 7.06. The van der Waals surface area contributed by atoms with Crippen molar-refractivity contribution in [3.8, 4) is 0 Å². The Morgan fingerprint density at radius 3 is 2.60 bits per heavy atom. The van der Waals surface area contributed by atoms with Gasteiger partial charge in [0.25, 0.3) is 0 Å². The largest absolute Gasteiger partial charge is 0.481 e. The van der Waals surface area contributed by atoms with Crippen molar-refractivity contribution >= 4 is 11.9 Å². The average Bonchev–Trinajstić information content (AvgIpc) is 2.93. The Morgan fingerprint density at radius 2 is 2.13 bits per heavy atom. The molecule has 1 amide bonds. The third-order valence-corrected chi connectivity index (χ3v) is 2.63. The molecule has 0 aromatic rings. The lowest BCUT2D eigenvalue weighted by Gasteiger charge is -2.12. The topological polar surface area (TPSA) is 86.6 Å². The number of carboxylic acid groups (broad SMARTS) is 1. The minimum Gasteiger partial charge on any atom is -0.481 e. The van der Waals surface area contributed by atoms with Gasteiger partial charge in [-0.25, -0.2) is 0 Å². The maximum Gasteiger partial charge on any atom is 0.307 e.